The topological polar surface area (TPSA) is 143 Å². The first-order valence-corrected chi connectivity index (χ1v) is 33.5. The fourth-order valence-corrected chi connectivity index (χ4v) is 11.3. The van der Waals surface area contributed by atoms with E-state index in [9.17, 15) is 30.0 Å². The first kappa shape index (κ1) is 71.8. The van der Waals surface area contributed by atoms with Gasteiger partial charge in [0.25, 0.3) is 0 Å². The molecule has 0 aromatic rings. The van der Waals surface area contributed by atoms with Crippen LogP contribution in [0.15, 0.2) is 0 Å². The zero-order chi connectivity index (χ0) is 54.3. The number of rotatable bonds is 59. The summed E-state index contributed by atoms with van der Waals surface area (Å²) in [5.74, 6) is -0.641. The Morgan fingerprint density at radius 3 is 0.893 bits per heavy atom. The van der Waals surface area contributed by atoms with E-state index >= 15 is 0 Å². The average molecular weight is 1070 g/mol. The minimum Gasteiger partial charge on any atom is -0.462 e. The Balaban J connectivity index is 2.12. The van der Waals surface area contributed by atoms with Crippen LogP contribution in [0, 0.1) is 0 Å². The Kier molecular flexibility index (Phi) is 53.6. The normalized spacial score (nSPS) is 18.2. The molecule has 1 heterocycles. The van der Waals surface area contributed by atoms with Crippen molar-refractivity contribution >= 4 is 11.9 Å². The Morgan fingerprint density at radius 2 is 0.613 bits per heavy atom. The Bertz CT molecular complexity index is 1180. The van der Waals surface area contributed by atoms with Gasteiger partial charge in [0.15, 0.2) is 0 Å². The van der Waals surface area contributed by atoms with E-state index in [4.69, 9.17) is 14.2 Å². The molecule has 6 atom stereocenters. The highest BCUT2D eigenvalue weighted by atomic mass is 16.6. The predicted octanol–water partition coefficient (Wildman–Crippen LogP) is 18.4. The van der Waals surface area contributed by atoms with Crippen LogP contribution in [0.1, 0.15) is 361 Å². The number of carbonyl (C=O) groups is 2. The number of ether oxygens (including phenoxy) is 3. The highest BCUT2D eigenvalue weighted by Crippen LogP contribution is 2.26. The second kappa shape index (κ2) is 56.0. The van der Waals surface area contributed by atoms with E-state index in [2.05, 4.69) is 13.8 Å². The van der Waals surface area contributed by atoms with Crippen molar-refractivity contribution in [2.75, 3.05) is 13.2 Å². The minimum absolute atomic E-state index is 0.0824. The van der Waals surface area contributed by atoms with Crippen LogP contribution in [-0.4, -0.2) is 82.2 Å². The Labute approximate surface area is 464 Å². The maximum absolute atomic E-state index is 13.0. The minimum atomic E-state index is -1.47. The highest BCUT2D eigenvalue weighted by molar-refractivity contribution is 5.70. The number of aliphatic hydroxyl groups is 4. The lowest BCUT2D eigenvalue weighted by Crippen LogP contribution is -2.58. The van der Waals surface area contributed by atoms with Crippen molar-refractivity contribution in [2.45, 2.75) is 397 Å². The van der Waals surface area contributed by atoms with Gasteiger partial charge in [0.05, 0.1) is 12.7 Å². The Hall–Kier alpha value is -1.26. The molecule has 75 heavy (non-hydrogen) atoms. The molecule has 1 aliphatic rings. The van der Waals surface area contributed by atoms with Crippen molar-refractivity contribution < 1.29 is 44.2 Å². The predicted molar refractivity (Wildman–Crippen MR) is 315 cm³/mol. The molecule has 0 bridgehead atoms. The number of hydrogen-bond acceptors (Lipinski definition) is 9. The molecule has 0 saturated carbocycles. The number of unbranched alkanes of at least 4 members (excludes halogenated alkanes) is 48. The molecule has 1 aliphatic heterocycles. The summed E-state index contributed by atoms with van der Waals surface area (Å²) >= 11 is 0. The van der Waals surface area contributed by atoms with Crippen LogP contribution in [0.2, 0.25) is 0 Å². The molecule has 9 nitrogen and oxygen atoms in total. The zero-order valence-electron chi connectivity index (χ0n) is 49.9. The van der Waals surface area contributed by atoms with E-state index in [0.717, 1.165) is 38.5 Å². The molecule has 1 rings (SSSR count). The summed E-state index contributed by atoms with van der Waals surface area (Å²) in [6, 6.07) is 0. The van der Waals surface area contributed by atoms with Gasteiger partial charge in [-0.2, -0.15) is 0 Å². The number of carbonyl (C=O) groups excluding carboxylic acids is 2. The van der Waals surface area contributed by atoms with Crippen molar-refractivity contribution in [3.05, 3.63) is 0 Å². The van der Waals surface area contributed by atoms with Gasteiger partial charge in [0.2, 0.25) is 0 Å². The smallest absolute Gasteiger partial charge is 0.306 e. The van der Waals surface area contributed by atoms with Gasteiger partial charge in [-0.05, 0) is 25.7 Å². The molecule has 1 saturated heterocycles. The second-order valence-corrected chi connectivity index (χ2v) is 23.7. The van der Waals surface area contributed by atoms with Crippen LogP contribution in [0.25, 0.3) is 0 Å². The highest BCUT2D eigenvalue weighted by Gasteiger charge is 2.43. The third-order valence-electron chi connectivity index (χ3n) is 16.5. The third kappa shape index (κ3) is 46.2. The zero-order valence-corrected chi connectivity index (χ0v) is 49.9. The maximum atomic E-state index is 13.0. The first-order valence-electron chi connectivity index (χ1n) is 33.5. The number of esters is 2. The summed E-state index contributed by atoms with van der Waals surface area (Å²) in [5.41, 5.74) is 0. The van der Waals surface area contributed by atoms with Gasteiger partial charge in [0, 0.05) is 12.8 Å². The molecular formula is C66H128O9. The van der Waals surface area contributed by atoms with E-state index in [1.165, 1.54) is 283 Å². The average Bonchev–Trinajstić information content (AvgIpc) is 3.41. The van der Waals surface area contributed by atoms with Crippen molar-refractivity contribution in [3.63, 3.8) is 0 Å². The van der Waals surface area contributed by atoms with Crippen molar-refractivity contribution in [1.82, 2.24) is 0 Å². The molecule has 0 spiro atoms. The van der Waals surface area contributed by atoms with Crippen LogP contribution in [0.3, 0.4) is 0 Å². The summed E-state index contributed by atoms with van der Waals surface area (Å²) in [5, 5.41) is 40.7. The van der Waals surface area contributed by atoms with Gasteiger partial charge in [0.1, 0.15) is 37.1 Å². The SMILES string of the molecule is CCCCCCCCCCCCCCCCCCCCCCCCCCCC(=O)OC[C@H](CC[C@@H]1O[C@H](CO)[C@H](O)[C@H](O)[C@H]1O)OC(=O)CCCCCCCCCCCCCCCCCCCCCCCCCCC. The van der Waals surface area contributed by atoms with Crippen LogP contribution in [0.5, 0.6) is 0 Å². The molecule has 4 N–H and O–H groups in total. The van der Waals surface area contributed by atoms with Crippen LogP contribution in [-0.2, 0) is 23.8 Å². The van der Waals surface area contributed by atoms with E-state index in [1.54, 1.807) is 0 Å². The number of hydrogen-bond donors (Lipinski definition) is 4. The van der Waals surface area contributed by atoms with Gasteiger partial charge >= 0.3 is 11.9 Å². The maximum Gasteiger partial charge on any atom is 0.306 e. The van der Waals surface area contributed by atoms with E-state index in [0.29, 0.717) is 12.8 Å². The van der Waals surface area contributed by atoms with E-state index in [1.807, 2.05) is 0 Å². The molecular weight excluding hydrogens is 937 g/mol. The molecule has 0 aliphatic carbocycles. The Morgan fingerprint density at radius 1 is 0.360 bits per heavy atom. The van der Waals surface area contributed by atoms with Crippen molar-refractivity contribution in [2.24, 2.45) is 0 Å². The monoisotopic (exact) mass is 1060 g/mol. The third-order valence-corrected chi connectivity index (χ3v) is 16.5. The molecule has 9 heteroatoms. The fraction of sp³-hybridized carbons (Fsp3) is 0.970. The molecule has 0 unspecified atom stereocenters. The van der Waals surface area contributed by atoms with Crippen LogP contribution >= 0.6 is 0 Å². The van der Waals surface area contributed by atoms with Crippen molar-refractivity contribution in [1.29, 1.82) is 0 Å². The van der Waals surface area contributed by atoms with E-state index in [-0.39, 0.29) is 31.4 Å². The lowest BCUT2D eigenvalue weighted by Gasteiger charge is -2.40. The van der Waals surface area contributed by atoms with Gasteiger partial charge in [-0.15, -0.1) is 0 Å². The lowest BCUT2D eigenvalue weighted by atomic mass is 9.92. The summed E-state index contributed by atoms with van der Waals surface area (Å²) in [6.07, 6.45) is 60.9. The standard InChI is InChI=1S/C66H128O9/c1-3-5-7-9-11-13-15-17-19-21-23-25-27-29-31-33-35-37-39-41-43-45-47-49-51-53-62(68)73-58-59(55-56-60-64(70)66(72)65(71)61(57-67)75-60)74-63(69)54-52-50-48-46-44-42-40-38-36-34-32-30-28-26-24-22-20-18-16-14-12-10-8-6-4-2/h59-61,64-67,70-72H,3-58H2,1-2H3/t59-,60-,61+,64-,65-,66+/m0/s1. The summed E-state index contributed by atoms with van der Waals surface area (Å²) in [7, 11) is 0. The van der Waals surface area contributed by atoms with E-state index < -0.39 is 43.2 Å². The van der Waals surface area contributed by atoms with Gasteiger partial charge < -0.3 is 34.6 Å². The van der Waals surface area contributed by atoms with Gasteiger partial charge in [-0.1, -0.05) is 322 Å². The van der Waals surface area contributed by atoms with Gasteiger partial charge in [-0.25, -0.2) is 0 Å². The first-order chi connectivity index (χ1) is 36.8. The summed E-state index contributed by atoms with van der Waals surface area (Å²) in [4.78, 5) is 25.7. The van der Waals surface area contributed by atoms with Crippen LogP contribution in [0.4, 0.5) is 0 Å². The molecule has 0 radical (unpaired) electrons. The largest absolute Gasteiger partial charge is 0.462 e. The quantitative estimate of drug-likeness (QED) is 0.0346. The molecule has 446 valence electrons. The van der Waals surface area contributed by atoms with Crippen LogP contribution < -0.4 is 0 Å². The lowest BCUT2D eigenvalue weighted by molar-refractivity contribution is -0.231. The number of aliphatic hydroxyl groups excluding tert-OH is 4. The molecule has 1 fully saturated rings. The van der Waals surface area contributed by atoms with Gasteiger partial charge in [-0.3, -0.25) is 9.59 Å². The second-order valence-electron chi connectivity index (χ2n) is 23.7. The van der Waals surface area contributed by atoms with Crippen molar-refractivity contribution in [3.8, 4) is 0 Å². The molecule has 0 amide bonds. The summed E-state index contributed by atoms with van der Waals surface area (Å²) in [6.45, 7) is 3.99. The molecule has 0 aromatic heterocycles. The summed E-state index contributed by atoms with van der Waals surface area (Å²) < 4.78 is 17.1. The molecule has 0 aromatic carbocycles. The fourth-order valence-electron chi connectivity index (χ4n) is 11.3.